The first kappa shape index (κ1) is 48.4. The second kappa shape index (κ2) is 19.2. The van der Waals surface area contributed by atoms with Crippen LogP contribution in [0.4, 0.5) is 5.13 Å². The van der Waals surface area contributed by atoms with Crippen molar-refractivity contribution >= 4 is 92.7 Å². The zero-order chi connectivity index (χ0) is 47.7. The molecular formula is C40H44Cl2N8O13S2. The van der Waals surface area contributed by atoms with Crippen LogP contribution in [0.3, 0.4) is 0 Å². The number of amides is 4. The Balaban J connectivity index is 1.23. The van der Waals surface area contributed by atoms with E-state index in [1.807, 2.05) is 6.92 Å². The smallest absolute Gasteiger partial charge is 0.350 e. The summed E-state index contributed by atoms with van der Waals surface area (Å²) in [6.45, 7) is 5.26. The highest BCUT2D eigenvalue weighted by Gasteiger charge is 2.54. The number of oxime groups is 1. The van der Waals surface area contributed by atoms with Gasteiger partial charge in [-0.25, -0.2) is 9.78 Å². The number of aromatic hydroxyl groups is 4. The van der Waals surface area contributed by atoms with Crippen LogP contribution in [0.15, 0.2) is 46.1 Å². The Labute approximate surface area is 388 Å². The number of fused-ring (bicyclic) bond motifs is 1. The average Bonchev–Trinajstić information content (AvgIpc) is 3.92. The molecule has 9 N–H and O–H groups in total. The number of aliphatic carboxylic acids is 2. The number of benzene rings is 2. The largest absolute Gasteiger partial charge is 0.543 e. The number of nitrogens with two attached hydrogens (primary N) is 1. The summed E-state index contributed by atoms with van der Waals surface area (Å²) >= 11 is 14.6. The number of anilines is 1. The Bertz CT molecular complexity index is 2510. The van der Waals surface area contributed by atoms with Crippen molar-refractivity contribution in [2.24, 2.45) is 5.16 Å². The first-order valence-electron chi connectivity index (χ1n) is 19.8. The number of nitrogen functional groups attached to an aromatic ring is 1. The number of thioether (sulfide) groups is 1. The molecule has 65 heavy (non-hydrogen) atoms. The second-order valence-corrected chi connectivity index (χ2v) is 18.7. The highest BCUT2D eigenvalue weighted by Crippen LogP contribution is 2.42. The van der Waals surface area contributed by atoms with Gasteiger partial charge >= 0.3 is 5.97 Å². The van der Waals surface area contributed by atoms with Gasteiger partial charge in [0.1, 0.15) is 29.7 Å². The number of β-lactam (4-membered cyclic amide) rings is 1. The number of aromatic nitrogens is 1. The first-order valence-corrected chi connectivity index (χ1v) is 22.5. The minimum Gasteiger partial charge on any atom is -0.543 e. The molecule has 348 valence electrons. The van der Waals surface area contributed by atoms with Crippen molar-refractivity contribution in [1.82, 2.24) is 25.4 Å². The van der Waals surface area contributed by atoms with Gasteiger partial charge in [-0.05, 0) is 45.0 Å². The molecule has 0 radical (unpaired) electrons. The minimum absolute atomic E-state index is 0.00969. The molecule has 21 nitrogen and oxygen atoms in total. The van der Waals surface area contributed by atoms with Crippen LogP contribution in [0.5, 0.6) is 23.0 Å². The van der Waals surface area contributed by atoms with E-state index in [4.69, 9.17) is 33.8 Å². The number of phenols is 4. The van der Waals surface area contributed by atoms with E-state index in [9.17, 15) is 59.4 Å². The molecule has 6 rings (SSSR count). The van der Waals surface area contributed by atoms with Gasteiger partial charge < -0.3 is 66.0 Å². The summed E-state index contributed by atoms with van der Waals surface area (Å²) in [5.41, 5.74) is 3.13. The zero-order valence-corrected chi connectivity index (χ0v) is 38.0. The van der Waals surface area contributed by atoms with Crippen molar-refractivity contribution in [1.29, 1.82) is 0 Å². The van der Waals surface area contributed by atoms with Gasteiger partial charge in [0.2, 0.25) is 5.60 Å². The normalized spacial score (nSPS) is 18.6. The Morgan fingerprint density at radius 2 is 1.68 bits per heavy atom. The predicted octanol–water partition coefficient (Wildman–Crippen LogP) is 1.41. The molecule has 3 aliphatic heterocycles. The molecule has 3 atom stereocenters. The third-order valence-electron chi connectivity index (χ3n) is 11.4. The summed E-state index contributed by atoms with van der Waals surface area (Å²) in [7, 11) is 0. The van der Waals surface area contributed by atoms with Crippen LogP contribution in [-0.4, -0.2) is 154 Å². The third kappa shape index (κ3) is 9.83. The number of carbonyl (C=O) groups is 6. The monoisotopic (exact) mass is 978 g/mol. The maximum Gasteiger partial charge on any atom is 0.350 e. The summed E-state index contributed by atoms with van der Waals surface area (Å²) in [6.07, 6.45) is 1.49. The number of carboxylic acids is 2. The van der Waals surface area contributed by atoms with Gasteiger partial charge in [0.25, 0.3) is 23.6 Å². The molecule has 4 amide bonds. The number of nitrogens with one attached hydrogen (secondary N) is 2. The maximum absolute atomic E-state index is 14.2. The average molecular weight is 980 g/mol. The van der Waals surface area contributed by atoms with Gasteiger partial charge in [0.15, 0.2) is 33.8 Å². The molecular weight excluding hydrogens is 936 g/mol. The van der Waals surface area contributed by atoms with E-state index in [1.165, 1.54) is 48.0 Å². The fourth-order valence-electron chi connectivity index (χ4n) is 7.69. The summed E-state index contributed by atoms with van der Waals surface area (Å²) in [5.74, 6) is -8.48. The van der Waals surface area contributed by atoms with Crippen LogP contribution in [0.1, 0.15) is 60.0 Å². The van der Waals surface area contributed by atoms with Crippen LogP contribution in [0.2, 0.25) is 10.0 Å². The number of hydrogen-bond acceptors (Lipinski definition) is 17. The highest BCUT2D eigenvalue weighted by atomic mass is 35.5. The van der Waals surface area contributed by atoms with Gasteiger partial charge in [-0.2, -0.15) is 0 Å². The lowest BCUT2D eigenvalue weighted by molar-refractivity contribution is -0.933. The van der Waals surface area contributed by atoms with Crippen molar-refractivity contribution in [2.45, 2.75) is 56.7 Å². The number of halogens is 2. The standard InChI is InChI=1S/C40H44Cl2N8O13S2/c1-18(14-48(34(57)21-7-9-24(52)31(54)26(21)42)11-10-44-32(55)20-6-8-23(51)30(53)25(20)41)50(12-4-5-13-50)15-19-16-64-36-28(35(58)49(36)29(19)37(59)60)46-33(56)27(22-17-65-39(43)45-22)47-63-40(2,3)38(61)62/h6-9,17-18,28,36H,4-5,10-16H2,1-3H3,(H9-,43,44,45,46,47,51,52,53,54,55,56,57,59,60,61,62)/t18?,28-,36-/m1/s1. The SMILES string of the molecule is CC(CN(CCNC(=O)c1ccc(O)c(O)c1Cl)C(=O)c1ccc(O)c(O)c1Cl)[N+]1(CC2=C(C(=O)[O-])N3C(=O)[C@@H](NC(=O)/C(=N\OC(C)(C)C(=O)O)c4csc(N)n4)[C@H]3SC2)CCCC1. The molecule has 0 saturated carbocycles. The number of thiazole rings is 1. The van der Waals surface area contributed by atoms with Gasteiger partial charge in [0.05, 0.1) is 52.5 Å². The number of phenolic OH excluding ortho intramolecular Hbond substituents is 4. The van der Waals surface area contributed by atoms with E-state index in [-0.39, 0.29) is 69.1 Å². The molecule has 25 heteroatoms. The van der Waals surface area contributed by atoms with E-state index in [2.05, 4.69) is 20.8 Å². The molecule has 1 unspecified atom stereocenters. The number of carbonyl (C=O) groups excluding carboxylic acids is 5. The molecule has 3 aliphatic rings. The van der Waals surface area contributed by atoms with E-state index in [0.29, 0.717) is 18.7 Å². The van der Waals surface area contributed by atoms with Crippen LogP contribution in [-0.2, 0) is 24.0 Å². The van der Waals surface area contributed by atoms with Gasteiger partial charge in [-0.1, -0.05) is 28.4 Å². The van der Waals surface area contributed by atoms with Crippen LogP contribution < -0.4 is 21.5 Å². The van der Waals surface area contributed by atoms with E-state index in [1.54, 1.807) is 0 Å². The van der Waals surface area contributed by atoms with Crippen molar-refractivity contribution in [3.8, 4) is 23.0 Å². The lowest BCUT2D eigenvalue weighted by Crippen LogP contribution is -2.72. The topological polar surface area (TPSA) is 318 Å². The van der Waals surface area contributed by atoms with Crippen molar-refractivity contribution in [3.63, 3.8) is 0 Å². The van der Waals surface area contributed by atoms with Crippen LogP contribution in [0.25, 0.3) is 0 Å². The number of quaternary nitrogens is 1. The van der Waals surface area contributed by atoms with Crippen LogP contribution in [0, 0.1) is 0 Å². The molecule has 3 aromatic rings. The number of rotatable bonds is 17. The number of hydrogen-bond donors (Lipinski definition) is 8. The summed E-state index contributed by atoms with van der Waals surface area (Å²) in [5, 5.41) is 71.3. The molecule has 2 fully saturated rings. The Hall–Kier alpha value is -6.01. The molecule has 4 heterocycles. The predicted molar refractivity (Wildman–Crippen MR) is 234 cm³/mol. The molecule has 2 aromatic carbocycles. The van der Waals surface area contributed by atoms with Crippen molar-refractivity contribution in [2.75, 3.05) is 50.8 Å². The quantitative estimate of drug-likeness (QED) is 0.0312. The summed E-state index contributed by atoms with van der Waals surface area (Å²) in [6, 6.07) is 2.98. The Morgan fingerprint density at radius 1 is 1.06 bits per heavy atom. The number of carboxylic acid groups (broad SMARTS) is 2. The summed E-state index contributed by atoms with van der Waals surface area (Å²) in [4.78, 5) is 90.8. The molecule has 0 bridgehead atoms. The molecule has 0 spiro atoms. The second-order valence-electron chi connectivity index (χ2n) is 16.0. The molecule has 0 aliphatic carbocycles. The molecule has 2 saturated heterocycles. The Kier molecular flexibility index (Phi) is 14.3. The van der Waals surface area contributed by atoms with E-state index >= 15 is 0 Å². The zero-order valence-electron chi connectivity index (χ0n) is 34.9. The number of nitrogens with zero attached hydrogens (tertiary/aromatic N) is 5. The van der Waals surface area contributed by atoms with E-state index in [0.717, 1.165) is 41.2 Å². The number of likely N-dealkylation sites (tertiary alicyclic amines) is 1. The van der Waals surface area contributed by atoms with Gasteiger partial charge in [-0.3, -0.25) is 24.1 Å². The molecule has 1 aromatic heterocycles. The van der Waals surface area contributed by atoms with E-state index < -0.39 is 92.4 Å². The lowest BCUT2D eigenvalue weighted by Gasteiger charge is -2.52. The minimum atomic E-state index is -1.85. The van der Waals surface area contributed by atoms with Crippen molar-refractivity contribution in [3.05, 3.63) is 67.8 Å². The van der Waals surface area contributed by atoms with Gasteiger partial charge in [0, 0.05) is 42.6 Å². The summed E-state index contributed by atoms with van der Waals surface area (Å²) < 4.78 is 0.274. The highest BCUT2D eigenvalue weighted by molar-refractivity contribution is 8.00. The van der Waals surface area contributed by atoms with Crippen molar-refractivity contribution < 1.29 is 68.7 Å². The maximum atomic E-state index is 14.2. The Morgan fingerprint density at radius 3 is 2.26 bits per heavy atom. The van der Waals surface area contributed by atoms with Gasteiger partial charge in [-0.15, -0.1) is 23.1 Å². The fourth-order valence-corrected chi connectivity index (χ4v) is 10.1. The fraction of sp³-hybridized carbons (Fsp3) is 0.400. The van der Waals surface area contributed by atoms with Crippen LogP contribution >= 0.6 is 46.3 Å². The first-order chi connectivity index (χ1) is 30.6. The third-order valence-corrected chi connectivity index (χ3v) is 14.2. The lowest BCUT2D eigenvalue weighted by atomic mass is 10.0.